The minimum Gasteiger partial charge on any atom is -0.338 e. The maximum absolute atomic E-state index is 12.1. The van der Waals surface area contributed by atoms with Crippen LogP contribution in [0.25, 0.3) is 11.4 Å². The highest BCUT2D eigenvalue weighted by Crippen LogP contribution is 2.22. The molecule has 0 spiro atoms. The van der Waals surface area contributed by atoms with Gasteiger partial charge >= 0.3 is 5.69 Å². The van der Waals surface area contributed by atoms with Crippen molar-refractivity contribution in [1.29, 1.82) is 0 Å². The third-order valence-electron chi connectivity index (χ3n) is 4.29. The van der Waals surface area contributed by atoms with Gasteiger partial charge < -0.3 is 4.52 Å². The smallest absolute Gasteiger partial charge is 0.338 e. The first-order chi connectivity index (χ1) is 13.7. The molecular formula is C20H19N5O2S. The van der Waals surface area contributed by atoms with Crippen LogP contribution in [-0.4, -0.2) is 24.9 Å². The molecule has 0 radical (unpaired) electrons. The Hall–Kier alpha value is -3.13. The molecule has 0 unspecified atom stereocenters. The lowest BCUT2D eigenvalue weighted by Gasteiger charge is -2.04. The molecule has 0 aliphatic carbocycles. The number of nitrogens with one attached hydrogen (secondary N) is 1. The fourth-order valence-electron chi connectivity index (χ4n) is 2.76. The van der Waals surface area contributed by atoms with Crippen LogP contribution in [0.1, 0.15) is 17.0 Å². The molecule has 8 heteroatoms. The standard InChI is InChI=1S/C20H19N5O2S/c1-14-7-9-16(10-8-14)18-21-17(27-24-18)13-28-20-23-22-19(26)25(20)12-11-15-5-3-2-4-6-15/h2-10H,11-13H2,1H3,(H,22,26). The molecule has 4 aromatic rings. The Bertz CT molecular complexity index is 1100. The van der Waals surface area contributed by atoms with Crippen molar-refractivity contribution in [2.24, 2.45) is 0 Å². The number of H-pyrrole nitrogens is 1. The third-order valence-corrected chi connectivity index (χ3v) is 5.25. The molecule has 0 saturated carbocycles. The molecule has 0 atom stereocenters. The molecule has 1 N–H and O–H groups in total. The number of hydrogen-bond donors (Lipinski definition) is 1. The van der Waals surface area contributed by atoms with E-state index in [9.17, 15) is 4.79 Å². The van der Waals surface area contributed by atoms with Gasteiger partial charge in [0.2, 0.25) is 11.7 Å². The Labute approximate surface area is 165 Å². The number of aromatic nitrogens is 5. The summed E-state index contributed by atoms with van der Waals surface area (Å²) in [7, 11) is 0. The first kappa shape index (κ1) is 18.2. The fourth-order valence-corrected chi connectivity index (χ4v) is 3.57. The van der Waals surface area contributed by atoms with Crippen molar-refractivity contribution in [2.75, 3.05) is 0 Å². The molecule has 0 saturated heterocycles. The highest BCUT2D eigenvalue weighted by molar-refractivity contribution is 7.98. The molecule has 28 heavy (non-hydrogen) atoms. The highest BCUT2D eigenvalue weighted by atomic mass is 32.2. The second-order valence-electron chi connectivity index (χ2n) is 6.36. The first-order valence-electron chi connectivity index (χ1n) is 8.90. The lowest BCUT2D eigenvalue weighted by atomic mass is 10.1. The summed E-state index contributed by atoms with van der Waals surface area (Å²) in [6, 6.07) is 18.0. The first-order valence-corrected chi connectivity index (χ1v) is 9.89. The van der Waals surface area contributed by atoms with Crippen molar-refractivity contribution in [3.8, 4) is 11.4 Å². The lowest BCUT2D eigenvalue weighted by Crippen LogP contribution is -2.18. The second kappa shape index (κ2) is 8.26. The number of aromatic amines is 1. The van der Waals surface area contributed by atoms with E-state index in [0.717, 1.165) is 12.0 Å². The zero-order chi connectivity index (χ0) is 19.3. The van der Waals surface area contributed by atoms with Gasteiger partial charge in [0, 0.05) is 12.1 Å². The van der Waals surface area contributed by atoms with Crippen LogP contribution in [0, 0.1) is 6.92 Å². The number of aryl methyl sites for hydroxylation is 2. The molecule has 142 valence electrons. The molecule has 4 rings (SSSR count). The molecular weight excluding hydrogens is 374 g/mol. The predicted octanol–water partition coefficient (Wildman–Crippen LogP) is 3.46. The second-order valence-corrected chi connectivity index (χ2v) is 7.31. The van der Waals surface area contributed by atoms with Gasteiger partial charge in [-0.3, -0.25) is 4.57 Å². The summed E-state index contributed by atoms with van der Waals surface area (Å²) in [5.41, 5.74) is 3.04. The SMILES string of the molecule is Cc1ccc(-c2noc(CSc3n[nH]c(=O)n3CCc3ccccc3)n2)cc1. The Balaban J connectivity index is 1.41. The van der Waals surface area contributed by atoms with Crippen molar-refractivity contribution < 1.29 is 4.52 Å². The van der Waals surface area contributed by atoms with E-state index in [4.69, 9.17) is 4.52 Å². The van der Waals surface area contributed by atoms with Gasteiger partial charge in [0.05, 0.1) is 5.75 Å². The van der Waals surface area contributed by atoms with Gasteiger partial charge in [-0.25, -0.2) is 9.89 Å². The predicted molar refractivity (Wildman–Crippen MR) is 107 cm³/mol. The van der Waals surface area contributed by atoms with E-state index < -0.39 is 0 Å². The van der Waals surface area contributed by atoms with Gasteiger partial charge in [-0.05, 0) is 18.9 Å². The summed E-state index contributed by atoms with van der Waals surface area (Å²) >= 11 is 1.39. The highest BCUT2D eigenvalue weighted by Gasteiger charge is 2.13. The van der Waals surface area contributed by atoms with E-state index in [1.165, 1.54) is 22.9 Å². The molecule has 2 aromatic carbocycles. The number of rotatable bonds is 7. The van der Waals surface area contributed by atoms with Crippen molar-refractivity contribution in [3.05, 3.63) is 82.1 Å². The maximum Gasteiger partial charge on any atom is 0.343 e. The summed E-state index contributed by atoms with van der Waals surface area (Å²) in [5.74, 6) is 1.49. The zero-order valence-corrected chi connectivity index (χ0v) is 16.1. The number of hydrogen-bond acceptors (Lipinski definition) is 6. The monoisotopic (exact) mass is 393 g/mol. The molecule has 2 aromatic heterocycles. The number of benzene rings is 2. The summed E-state index contributed by atoms with van der Waals surface area (Å²) in [5, 5.41) is 11.3. The van der Waals surface area contributed by atoms with E-state index in [2.05, 4.69) is 20.3 Å². The van der Waals surface area contributed by atoms with E-state index in [1.807, 2.05) is 61.5 Å². The summed E-state index contributed by atoms with van der Waals surface area (Å²) < 4.78 is 6.97. The molecule has 0 aliphatic heterocycles. The van der Waals surface area contributed by atoms with Gasteiger partial charge in [-0.15, -0.1) is 5.10 Å². The zero-order valence-electron chi connectivity index (χ0n) is 15.3. The van der Waals surface area contributed by atoms with E-state index >= 15 is 0 Å². The summed E-state index contributed by atoms with van der Waals surface area (Å²) in [4.78, 5) is 16.5. The van der Waals surface area contributed by atoms with E-state index in [0.29, 0.717) is 29.2 Å². The van der Waals surface area contributed by atoms with Crippen LogP contribution in [0.4, 0.5) is 0 Å². The van der Waals surface area contributed by atoms with Crippen molar-refractivity contribution in [2.45, 2.75) is 30.8 Å². The van der Waals surface area contributed by atoms with Crippen LogP contribution >= 0.6 is 11.8 Å². The molecule has 0 fully saturated rings. The number of nitrogens with zero attached hydrogens (tertiary/aromatic N) is 4. The quantitative estimate of drug-likeness (QED) is 0.484. The largest absolute Gasteiger partial charge is 0.343 e. The lowest BCUT2D eigenvalue weighted by molar-refractivity contribution is 0.391. The van der Waals surface area contributed by atoms with Crippen LogP contribution in [0.2, 0.25) is 0 Å². The van der Waals surface area contributed by atoms with Crippen LogP contribution in [-0.2, 0) is 18.7 Å². The van der Waals surface area contributed by atoms with Crippen LogP contribution in [0.15, 0.2) is 69.1 Å². The van der Waals surface area contributed by atoms with Crippen molar-refractivity contribution in [3.63, 3.8) is 0 Å². The van der Waals surface area contributed by atoms with E-state index in [1.54, 1.807) is 4.57 Å². The number of thioether (sulfide) groups is 1. The average Bonchev–Trinajstić information content (AvgIpc) is 3.33. The summed E-state index contributed by atoms with van der Waals surface area (Å²) in [6.45, 7) is 2.59. The van der Waals surface area contributed by atoms with Gasteiger partial charge in [-0.1, -0.05) is 77.1 Å². The molecule has 7 nitrogen and oxygen atoms in total. The molecule has 0 bridgehead atoms. The van der Waals surface area contributed by atoms with Crippen LogP contribution in [0.5, 0.6) is 0 Å². The van der Waals surface area contributed by atoms with E-state index in [-0.39, 0.29) is 5.69 Å². The molecule has 0 aliphatic rings. The minimum absolute atomic E-state index is 0.218. The molecule has 2 heterocycles. The fraction of sp³-hybridized carbons (Fsp3) is 0.200. The average molecular weight is 393 g/mol. The topological polar surface area (TPSA) is 89.6 Å². The van der Waals surface area contributed by atoms with Crippen molar-refractivity contribution in [1.82, 2.24) is 24.9 Å². The molecule has 0 amide bonds. The Morgan fingerprint density at radius 2 is 1.89 bits per heavy atom. The van der Waals surface area contributed by atoms with Gasteiger partial charge in [0.25, 0.3) is 0 Å². The Kier molecular flexibility index (Phi) is 5.38. The van der Waals surface area contributed by atoms with Crippen LogP contribution < -0.4 is 5.69 Å². The van der Waals surface area contributed by atoms with Crippen LogP contribution in [0.3, 0.4) is 0 Å². The Morgan fingerprint density at radius 1 is 1.11 bits per heavy atom. The van der Waals surface area contributed by atoms with Gasteiger partial charge in [0.15, 0.2) is 5.16 Å². The van der Waals surface area contributed by atoms with Gasteiger partial charge in [-0.2, -0.15) is 4.98 Å². The van der Waals surface area contributed by atoms with Gasteiger partial charge in [0.1, 0.15) is 0 Å². The third kappa shape index (κ3) is 4.23. The van der Waals surface area contributed by atoms with Crippen molar-refractivity contribution >= 4 is 11.8 Å². The normalized spacial score (nSPS) is 11.0. The summed E-state index contributed by atoms with van der Waals surface area (Å²) in [6.07, 6.45) is 0.756. The maximum atomic E-state index is 12.1. The minimum atomic E-state index is -0.218. The Morgan fingerprint density at radius 3 is 2.68 bits per heavy atom.